The van der Waals surface area contributed by atoms with E-state index < -0.39 is 39.2 Å². The fourth-order valence-corrected chi connectivity index (χ4v) is 5.89. The Bertz CT molecular complexity index is 1640. The summed E-state index contributed by atoms with van der Waals surface area (Å²) in [5.74, 6) is -1.54. The minimum absolute atomic E-state index is 0.00353. The highest BCUT2D eigenvalue weighted by atomic mass is 32.2. The second kappa shape index (κ2) is 13.7. The summed E-state index contributed by atoms with van der Waals surface area (Å²) in [6.45, 7) is 3.17. The number of hydrogen-bond donors (Lipinski definition) is 4. The molecule has 0 saturated heterocycles. The zero-order valence-electron chi connectivity index (χ0n) is 23.9. The van der Waals surface area contributed by atoms with Crippen molar-refractivity contribution < 1.29 is 27.5 Å². The Morgan fingerprint density at radius 3 is 2.05 bits per heavy atom. The van der Waals surface area contributed by atoms with E-state index in [4.69, 9.17) is 0 Å². The van der Waals surface area contributed by atoms with Crippen molar-refractivity contribution in [1.82, 2.24) is 10.0 Å². The maximum Gasteiger partial charge on any atom is 0.251 e. The van der Waals surface area contributed by atoms with E-state index in [-0.39, 0.29) is 29.9 Å². The summed E-state index contributed by atoms with van der Waals surface area (Å²) >= 11 is 0. The number of anilines is 1. The molecule has 0 aliphatic rings. The first-order valence-corrected chi connectivity index (χ1v) is 15.2. The standard InChI is InChI=1S/C33H34FN3O5S/c1-33(2,20-21-38)37-43(41,42)29-18-16-28(17-19-29)35-32(40)30(36-31(39)26-12-14-27(34)15-13-26)22-23-8-10-25(11-9-23)24-6-4-3-5-7-24/h3-19,30,37-38H,20-22H2,1-2H3,(H,35,40)(H,36,39)/t30-/m0/s1. The molecule has 2 amide bonds. The van der Waals surface area contributed by atoms with Crippen LogP contribution in [0.4, 0.5) is 10.1 Å². The Morgan fingerprint density at radius 2 is 1.44 bits per heavy atom. The summed E-state index contributed by atoms with van der Waals surface area (Å²) in [7, 11) is -3.87. The zero-order valence-corrected chi connectivity index (χ0v) is 24.7. The number of amides is 2. The van der Waals surface area contributed by atoms with Gasteiger partial charge >= 0.3 is 0 Å². The highest BCUT2D eigenvalue weighted by Crippen LogP contribution is 2.21. The third-order valence-electron chi connectivity index (χ3n) is 6.81. The van der Waals surface area contributed by atoms with Crippen LogP contribution in [0.25, 0.3) is 11.1 Å². The molecule has 43 heavy (non-hydrogen) atoms. The van der Waals surface area contributed by atoms with E-state index in [0.29, 0.717) is 5.69 Å². The van der Waals surface area contributed by atoms with Crippen LogP contribution in [0, 0.1) is 5.82 Å². The van der Waals surface area contributed by atoms with Gasteiger partial charge in [-0.2, -0.15) is 0 Å². The third-order valence-corrected chi connectivity index (χ3v) is 8.52. The van der Waals surface area contributed by atoms with Crippen LogP contribution in [-0.2, 0) is 21.2 Å². The van der Waals surface area contributed by atoms with E-state index in [2.05, 4.69) is 15.4 Å². The summed E-state index contributed by atoms with van der Waals surface area (Å²) in [6, 6.07) is 27.1. The number of benzene rings is 4. The first-order chi connectivity index (χ1) is 20.5. The molecule has 0 aliphatic carbocycles. The average Bonchev–Trinajstić information content (AvgIpc) is 2.97. The van der Waals surface area contributed by atoms with Crippen LogP contribution in [0.3, 0.4) is 0 Å². The summed E-state index contributed by atoms with van der Waals surface area (Å²) in [6.07, 6.45) is 0.407. The Hall–Kier alpha value is -4.38. The quantitative estimate of drug-likeness (QED) is 0.183. The van der Waals surface area contributed by atoms with Crippen molar-refractivity contribution >= 4 is 27.5 Å². The van der Waals surface area contributed by atoms with Gasteiger partial charge in [0.25, 0.3) is 5.91 Å². The van der Waals surface area contributed by atoms with Gasteiger partial charge in [0.15, 0.2) is 0 Å². The lowest BCUT2D eigenvalue weighted by molar-refractivity contribution is -0.118. The van der Waals surface area contributed by atoms with Gasteiger partial charge in [-0.25, -0.2) is 17.5 Å². The number of hydrogen-bond acceptors (Lipinski definition) is 5. The van der Waals surface area contributed by atoms with Crippen molar-refractivity contribution in [2.45, 2.75) is 43.2 Å². The van der Waals surface area contributed by atoms with E-state index >= 15 is 0 Å². The van der Waals surface area contributed by atoms with Crippen molar-refractivity contribution in [3.63, 3.8) is 0 Å². The Balaban J connectivity index is 1.51. The van der Waals surface area contributed by atoms with Gasteiger partial charge in [-0.05, 0) is 85.5 Å². The van der Waals surface area contributed by atoms with Crippen LogP contribution in [0.1, 0.15) is 36.2 Å². The lowest BCUT2D eigenvalue weighted by Gasteiger charge is -2.25. The molecule has 0 bridgehead atoms. The molecule has 4 aromatic carbocycles. The van der Waals surface area contributed by atoms with E-state index in [1.165, 1.54) is 48.5 Å². The molecule has 0 saturated carbocycles. The molecule has 0 unspecified atom stereocenters. The van der Waals surface area contributed by atoms with Crippen LogP contribution >= 0.6 is 0 Å². The summed E-state index contributed by atoms with van der Waals surface area (Å²) in [5.41, 5.74) is 2.53. The molecule has 4 aromatic rings. The fraction of sp³-hybridized carbons (Fsp3) is 0.212. The Morgan fingerprint density at radius 1 is 0.837 bits per heavy atom. The first-order valence-electron chi connectivity index (χ1n) is 13.7. The van der Waals surface area contributed by atoms with Gasteiger partial charge < -0.3 is 15.7 Å². The number of halogens is 1. The molecule has 4 rings (SSSR count). The summed E-state index contributed by atoms with van der Waals surface area (Å²) in [4.78, 5) is 26.4. The van der Waals surface area contributed by atoms with Crippen LogP contribution in [0.5, 0.6) is 0 Å². The lowest BCUT2D eigenvalue weighted by Crippen LogP contribution is -2.45. The van der Waals surface area contributed by atoms with E-state index in [1.54, 1.807) is 13.8 Å². The molecule has 0 fully saturated rings. The van der Waals surface area contributed by atoms with E-state index in [9.17, 15) is 27.5 Å². The normalized spacial score (nSPS) is 12.4. The predicted molar refractivity (Wildman–Crippen MR) is 164 cm³/mol. The monoisotopic (exact) mass is 603 g/mol. The minimum atomic E-state index is -3.87. The molecule has 0 aromatic heterocycles. The van der Waals surface area contributed by atoms with Crippen LogP contribution < -0.4 is 15.4 Å². The van der Waals surface area contributed by atoms with Gasteiger partial charge in [-0.15, -0.1) is 0 Å². The maximum atomic E-state index is 13.4. The first kappa shape index (κ1) is 31.6. The zero-order chi connectivity index (χ0) is 31.0. The number of sulfonamides is 1. The van der Waals surface area contributed by atoms with Crippen molar-refractivity contribution in [3.05, 3.63) is 120 Å². The lowest BCUT2D eigenvalue weighted by atomic mass is 10.00. The topological polar surface area (TPSA) is 125 Å². The molecule has 224 valence electrons. The highest BCUT2D eigenvalue weighted by Gasteiger charge is 2.26. The molecule has 0 heterocycles. The van der Waals surface area contributed by atoms with E-state index in [1.807, 2.05) is 54.6 Å². The Kier molecular flexibility index (Phi) is 10.1. The average molecular weight is 604 g/mol. The Labute approximate surface area is 251 Å². The van der Waals surface area contributed by atoms with Crippen LogP contribution in [0.15, 0.2) is 108 Å². The second-order valence-corrected chi connectivity index (χ2v) is 12.5. The molecule has 8 nitrogen and oxygen atoms in total. The summed E-state index contributed by atoms with van der Waals surface area (Å²) in [5, 5.41) is 14.7. The molecule has 0 aliphatic heterocycles. The largest absolute Gasteiger partial charge is 0.396 e. The summed E-state index contributed by atoms with van der Waals surface area (Å²) < 4.78 is 41.6. The van der Waals surface area contributed by atoms with Crippen molar-refractivity contribution in [3.8, 4) is 11.1 Å². The van der Waals surface area contributed by atoms with Gasteiger partial charge in [0, 0.05) is 29.8 Å². The van der Waals surface area contributed by atoms with Gasteiger partial charge in [0.2, 0.25) is 15.9 Å². The smallest absolute Gasteiger partial charge is 0.251 e. The highest BCUT2D eigenvalue weighted by molar-refractivity contribution is 7.89. The number of aliphatic hydroxyl groups is 1. The minimum Gasteiger partial charge on any atom is -0.396 e. The van der Waals surface area contributed by atoms with Crippen LogP contribution in [-0.4, -0.2) is 43.5 Å². The van der Waals surface area contributed by atoms with Crippen LogP contribution in [0.2, 0.25) is 0 Å². The number of rotatable bonds is 12. The van der Waals surface area contributed by atoms with Gasteiger partial charge in [-0.3, -0.25) is 9.59 Å². The molecule has 4 N–H and O–H groups in total. The molecular weight excluding hydrogens is 569 g/mol. The molecule has 0 spiro atoms. The fourth-order valence-electron chi connectivity index (χ4n) is 4.45. The number of aliphatic hydroxyl groups excluding tert-OH is 1. The van der Waals surface area contributed by atoms with Gasteiger partial charge in [0.05, 0.1) is 4.90 Å². The van der Waals surface area contributed by atoms with E-state index in [0.717, 1.165) is 16.7 Å². The molecule has 10 heteroatoms. The van der Waals surface area contributed by atoms with Gasteiger partial charge in [-0.1, -0.05) is 54.6 Å². The number of nitrogens with one attached hydrogen (secondary N) is 3. The van der Waals surface area contributed by atoms with Crippen molar-refractivity contribution in [2.75, 3.05) is 11.9 Å². The maximum absolute atomic E-state index is 13.4. The molecular formula is C33H34FN3O5S. The van der Waals surface area contributed by atoms with Crippen molar-refractivity contribution in [1.29, 1.82) is 0 Å². The van der Waals surface area contributed by atoms with Crippen molar-refractivity contribution in [2.24, 2.45) is 0 Å². The third kappa shape index (κ3) is 8.81. The number of carbonyl (C=O) groups excluding carboxylic acids is 2. The SMILES string of the molecule is CC(C)(CCO)NS(=O)(=O)c1ccc(NC(=O)[C@H](Cc2ccc(-c3ccccc3)cc2)NC(=O)c2ccc(F)cc2)cc1. The molecule has 1 atom stereocenters. The predicted octanol–water partition coefficient (Wildman–Crippen LogP) is 4.91. The second-order valence-electron chi connectivity index (χ2n) is 10.8. The van der Waals surface area contributed by atoms with Gasteiger partial charge in [0.1, 0.15) is 11.9 Å². The molecule has 0 radical (unpaired) electrons. The number of carbonyl (C=O) groups is 2.